The molecule has 2 rings (SSSR count). The van der Waals surface area contributed by atoms with Crippen LogP contribution in [0.3, 0.4) is 0 Å². The van der Waals surface area contributed by atoms with Crippen LogP contribution in [0.5, 0.6) is 0 Å². The smallest absolute Gasteiger partial charge is 0.191 e. The minimum absolute atomic E-state index is 0. The minimum atomic E-state index is -0.202. The molecule has 4 nitrogen and oxygen atoms in total. The first-order valence-corrected chi connectivity index (χ1v) is 8.75. The van der Waals surface area contributed by atoms with Crippen LogP contribution in [0.25, 0.3) is 0 Å². The Morgan fingerprint density at radius 2 is 1.80 bits per heavy atom. The van der Waals surface area contributed by atoms with Crippen molar-refractivity contribution in [2.45, 2.75) is 51.5 Å². The number of hydrogen-bond donors (Lipinski definition) is 2. The molecule has 0 bridgehead atoms. The summed E-state index contributed by atoms with van der Waals surface area (Å²) in [6.45, 7) is 11.3. The quantitative estimate of drug-likeness (QED) is 0.405. The molecule has 0 aliphatic carbocycles. The van der Waals surface area contributed by atoms with E-state index in [2.05, 4.69) is 38.3 Å². The zero-order chi connectivity index (χ0) is 17.6. The lowest BCUT2D eigenvalue weighted by molar-refractivity contribution is 0.0530. The summed E-state index contributed by atoms with van der Waals surface area (Å²) in [5, 5.41) is 6.73. The van der Waals surface area contributed by atoms with E-state index >= 15 is 0 Å². The lowest BCUT2D eigenvalue weighted by atomic mass is 9.74. The summed E-state index contributed by atoms with van der Waals surface area (Å²) in [5.41, 5.74) is 0.994. The first kappa shape index (κ1) is 22.2. The van der Waals surface area contributed by atoms with E-state index in [0.717, 1.165) is 44.1 Å². The second-order valence-electron chi connectivity index (χ2n) is 7.47. The van der Waals surface area contributed by atoms with E-state index in [4.69, 9.17) is 9.73 Å². The highest BCUT2D eigenvalue weighted by molar-refractivity contribution is 14.0. The van der Waals surface area contributed by atoms with Crippen molar-refractivity contribution in [2.24, 2.45) is 4.99 Å². The van der Waals surface area contributed by atoms with Crippen molar-refractivity contribution in [3.63, 3.8) is 0 Å². The molecule has 0 unspecified atom stereocenters. The van der Waals surface area contributed by atoms with Gasteiger partial charge < -0.3 is 15.4 Å². The van der Waals surface area contributed by atoms with Gasteiger partial charge in [-0.2, -0.15) is 0 Å². The van der Waals surface area contributed by atoms with Crippen LogP contribution in [0, 0.1) is 5.82 Å². The molecular formula is C19H31FIN3O. The number of aliphatic imine (C=N–C) groups is 1. The average molecular weight is 463 g/mol. The maximum Gasteiger partial charge on any atom is 0.191 e. The van der Waals surface area contributed by atoms with E-state index in [9.17, 15) is 4.39 Å². The molecule has 1 fully saturated rings. The standard InChI is InChI=1S/C19H30FN3O.HI/c1-5-21-17(23-18(2,3)4)22-14-19(10-12-24-13-11-19)15-6-8-16(20)9-7-15;/h6-9H,5,10-14H2,1-4H3,(H2,21,22,23);1H. The lowest BCUT2D eigenvalue weighted by Crippen LogP contribution is -2.48. The lowest BCUT2D eigenvalue weighted by Gasteiger charge is -2.37. The fourth-order valence-electron chi connectivity index (χ4n) is 3.00. The molecule has 25 heavy (non-hydrogen) atoms. The van der Waals surface area contributed by atoms with Gasteiger partial charge in [-0.05, 0) is 58.2 Å². The van der Waals surface area contributed by atoms with Crippen molar-refractivity contribution in [1.82, 2.24) is 10.6 Å². The van der Waals surface area contributed by atoms with E-state index in [-0.39, 0.29) is 40.7 Å². The van der Waals surface area contributed by atoms with Gasteiger partial charge in [0, 0.05) is 30.7 Å². The van der Waals surface area contributed by atoms with Gasteiger partial charge in [0.2, 0.25) is 0 Å². The Morgan fingerprint density at radius 1 is 1.20 bits per heavy atom. The Hall–Kier alpha value is -0.890. The van der Waals surface area contributed by atoms with Crippen molar-refractivity contribution in [3.8, 4) is 0 Å². The number of halogens is 2. The zero-order valence-corrected chi connectivity index (χ0v) is 18.0. The molecule has 6 heteroatoms. The van der Waals surface area contributed by atoms with Crippen molar-refractivity contribution < 1.29 is 9.13 Å². The molecule has 1 saturated heterocycles. The summed E-state index contributed by atoms with van der Waals surface area (Å²) in [5.74, 6) is 0.616. The van der Waals surface area contributed by atoms with Crippen LogP contribution in [-0.4, -0.2) is 37.8 Å². The molecule has 2 N–H and O–H groups in total. The fourth-order valence-corrected chi connectivity index (χ4v) is 3.00. The third-order valence-corrected chi connectivity index (χ3v) is 4.28. The van der Waals surface area contributed by atoms with Crippen molar-refractivity contribution in [1.29, 1.82) is 0 Å². The number of nitrogens with zero attached hydrogens (tertiary/aromatic N) is 1. The molecule has 0 saturated carbocycles. The second-order valence-corrected chi connectivity index (χ2v) is 7.47. The van der Waals surface area contributed by atoms with Gasteiger partial charge in [-0.25, -0.2) is 4.39 Å². The summed E-state index contributed by atoms with van der Waals surface area (Å²) < 4.78 is 18.9. The molecule has 0 amide bonds. The molecule has 1 heterocycles. The van der Waals surface area contributed by atoms with Crippen LogP contribution >= 0.6 is 24.0 Å². The summed E-state index contributed by atoms with van der Waals surface area (Å²) in [6, 6.07) is 6.85. The van der Waals surface area contributed by atoms with Crippen LogP contribution in [-0.2, 0) is 10.2 Å². The predicted molar refractivity (Wildman–Crippen MR) is 112 cm³/mol. The molecule has 0 spiro atoms. The Labute approximate surface area is 168 Å². The number of nitrogens with one attached hydrogen (secondary N) is 2. The van der Waals surface area contributed by atoms with Crippen LogP contribution in [0.4, 0.5) is 4.39 Å². The second kappa shape index (κ2) is 9.71. The van der Waals surface area contributed by atoms with E-state index in [1.165, 1.54) is 12.1 Å². The van der Waals surface area contributed by atoms with Gasteiger partial charge in [0.1, 0.15) is 5.82 Å². The number of guanidine groups is 1. The maximum atomic E-state index is 13.3. The molecule has 0 aromatic heterocycles. The van der Waals surface area contributed by atoms with Gasteiger partial charge in [0.05, 0.1) is 6.54 Å². The first-order valence-electron chi connectivity index (χ1n) is 8.75. The molecule has 0 radical (unpaired) electrons. The normalized spacial score (nSPS) is 17.6. The molecule has 0 atom stereocenters. The molecule has 1 aliphatic heterocycles. The van der Waals surface area contributed by atoms with E-state index in [1.54, 1.807) is 0 Å². The highest BCUT2D eigenvalue weighted by atomic mass is 127. The molecule has 142 valence electrons. The third-order valence-electron chi connectivity index (χ3n) is 4.28. The predicted octanol–water partition coefficient (Wildman–Crippen LogP) is 3.85. The number of benzene rings is 1. The number of rotatable bonds is 4. The third kappa shape index (κ3) is 6.73. The van der Waals surface area contributed by atoms with Crippen molar-refractivity contribution in [2.75, 3.05) is 26.3 Å². The van der Waals surface area contributed by atoms with Crippen molar-refractivity contribution in [3.05, 3.63) is 35.6 Å². The van der Waals surface area contributed by atoms with Crippen molar-refractivity contribution >= 4 is 29.9 Å². The average Bonchev–Trinajstić information content (AvgIpc) is 2.53. The maximum absolute atomic E-state index is 13.3. The topological polar surface area (TPSA) is 45.7 Å². The summed E-state index contributed by atoms with van der Waals surface area (Å²) >= 11 is 0. The number of ether oxygens (including phenoxy) is 1. The van der Waals surface area contributed by atoms with Crippen LogP contribution in [0.15, 0.2) is 29.3 Å². The molecule has 1 aliphatic rings. The van der Waals surface area contributed by atoms with E-state index in [0.29, 0.717) is 6.54 Å². The highest BCUT2D eigenvalue weighted by Crippen LogP contribution is 2.35. The minimum Gasteiger partial charge on any atom is -0.381 e. The van der Waals surface area contributed by atoms with Crippen LogP contribution < -0.4 is 10.6 Å². The number of hydrogen-bond acceptors (Lipinski definition) is 2. The first-order chi connectivity index (χ1) is 11.3. The molecule has 1 aromatic rings. The molecule has 1 aromatic carbocycles. The molecular weight excluding hydrogens is 432 g/mol. The van der Waals surface area contributed by atoms with Gasteiger partial charge in [-0.15, -0.1) is 24.0 Å². The highest BCUT2D eigenvalue weighted by Gasteiger charge is 2.34. The van der Waals surface area contributed by atoms with Gasteiger partial charge in [0.15, 0.2) is 5.96 Å². The summed E-state index contributed by atoms with van der Waals surface area (Å²) in [6.07, 6.45) is 1.80. The van der Waals surface area contributed by atoms with Gasteiger partial charge in [-0.1, -0.05) is 12.1 Å². The van der Waals surface area contributed by atoms with Crippen LogP contribution in [0.2, 0.25) is 0 Å². The Balaban J connectivity index is 0.00000312. The van der Waals surface area contributed by atoms with Crippen LogP contribution in [0.1, 0.15) is 46.1 Å². The van der Waals surface area contributed by atoms with Gasteiger partial charge in [0.25, 0.3) is 0 Å². The van der Waals surface area contributed by atoms with E-state index < -0.39 is 0 Å². The van der Waals surface area contributed by atoms with Gasteiger partial charge >= 0.3 is 0 Å². The van der Waals surface area contributed by atoms with E-state index in [1.807, 2.05) is 12.1 Å². The Bertz CT molecular complexity index is 549. The fraction of sp³-hybridized carbons (Fsp3) is 0.632. The monoisotopic (exact) mass is 463 g/mol. The Kier molecular flexibility index (Phi) is 8.60. The Morgan fingerprint density at radius 3 is 2.32 bits per heavy atom. The summed E-state index contributed by atoms with van der Waals surface area (Å²) in [7, 11) is 0. The van der Waals surface area contributed by atoms with Gasteiger partial charge in [-0.3, -0.25) is 4.99 Å². The zero-order valence-electron chi connectivity index (χ0n) is 15.7. The largest absolute Gasteiger partial charge is 0.381 e. The summed E-state index contributed by atoms with van der Waals surface area (Å²) in [4.78, 5) is 4.84. The SMILES string of the molecule is CCNC(=NCC1(c2ccc(F)cc2)CCOCC1)NC(C)(C)C.I.